The van der Waals surface area contributed by atoms with Crippen LogP contribution in [0.2, 0.25) is 0 Å². The third kappa shape index (κ3) is 5.20. The second kappa shape index (κ2) is 8.40. The Kier molecular flexibility index (Phi) is 6.79. The molecule has 0 radical (unpaired) electrons. The summed E-state index contributed by atoms with van der Waals surface area (Å²) in [5.74, 6) is -0.0511. The molecule has 0 saturated heterocycles. The Labute approximate surface area is 115 Å². The van der Waals surface area contributed by atoms with Crippen molar-refractivity contribution >= 4 is 0 Å². The summed E-state index contributed by atoms with van der Waals surface area (Å²) in [7, 11) is 3.45. The first-order valence-electron chi connectivity index (χ1n) is 6.55. The van der Waals surface area contributed by atoms with E-state index < -0.39 is 0 Å². The lowest BCUT2D eigenvalue weighted by atomic mass is 10.2. The van der Waals surface area contributed by atoms with E-state index in [1.165, 1.54) is 7.11 Å². The first kappa shape index (κ1) is 15.3. The third-order valence-electron chi connectivity index (χ3n) is 2.98. The van der Waals surface area contributed by atoms with Crippen LogP contribution in [0.25, 0.3) is 0 Å². The number of ether oxygens (including phenoxy) is 1. The van der Waals surface area contributed by atoms with E-state index in [4.69, 9.17) is 4.74 Å². The monoisotopic (exact) mass is 266 g/mol. The molecular formula is C15H23FN2O. The molecule has 0 fully saturated rings. The molecule has 0 saturated carbocycles. The van der Waals surface area contributed by atoms with Crippen molar-refractivity contribution in [2.24, 2.45) is 0 Å². The van der Waals surface area contributed by atoms with Crippen LogP contribution in [0, 0.1) is 0 Å². The zero-order chi connectivity index (χ0) is 14.1. The summed E-state index contributed by atoms with van der Waals surface area (Å²) in [5.41, 5.74) is 0. The number of halogens is 1. The highest BCUT2D eigenvalue weighted by atomic mass is 19.1. The van der Waals surface area contributed by atoms with Gasteiger partial charge in [0.05, 0.1) is 7.11 Å². The van der Waals surface area contributed by atoms with Gasteiger partial charge in [-0.2, -0.15) is 0 Å². The standard InChI is InChI=1S/C15H23FN2O/c1-4-14(19-3)13(16)9-10-15-17-11-7-5-6-8-12-18(15)2/h4,7-9,11-12,15,17H,5-6,10H2,1-3H3/b11-7+,12-8+,13-9+,14-4+. The highest BCUT2D eigenvalue weighted by Gasteiger charge is 2.10. The van der Waals surface area contributed by atoms with Crippen molar-refractivity contribution in [3.8, 4) is 0 Å². The number of hydrogen-bond donors (Lipinski definition) is 1. The van der Waals surface area contributed by atoms with Gasteiger partial charge in [0.25, 0.3) is 0 Å². The largest absolute Gasteiger partial charge is 0.494 e. The Morgan fingerprint density at radius 2 is 2.21 bits per heavy atom. The summed E-state index contributed by atoms with van der Waals surface area (Å²) in [5, 5.41) is 3.26. The van der Waals surface area contributed by atoms with Crippen LogP contribution in [-0.4, -0.2) is 25.2 Å². The molecule has 0 aromatic heterocycles. The van der Waals surface area contributed by atoms with Crippen molar-refractivity contribution in [1.29, 1.82) is 0 Å². The van der Waals surface area contributed by atoms with Gasteiger partial charge in [0, 0.05) is 13.5 Å². The summed E-state index contributed by atoms with van der Waals surface area (Å²) in [4.78, 5) is 2.04. The van der Waals surface area contributed by atoms with Crippen LogP contribution < -0.4 is 5.32 Å². The van der Waals surface area contributed by atoms with Crippen LogP contribution in [0.5, 0.6) is 0 Å². The average molecular weight is 266 g/mol. The predicted octanol–water partition coefficient (Wildman–Crippen LogP) is 3.45. The van der Waals surface area contributed by atoms with Crippen LogP contribution in [0.1, 0.15) is 26.2 Å². The number of allylic oxidation sites excluding steroid dienone is 4. The first-order chi connectivity index (χ1) is 9.19. The van der Waals surface area contributed by atoms with Crippen molar-refractivity contribution in [3.05, 3.63) is 48.3 Å². The summed E-state index contributed by atoms with van der Waals surface area (Å²) in [6, 6.07) is 0. The van der Waals surface area contributed by atoms with E-state index in [-0.39, 0.29) is 17.8 Å². The molecule has 1 heterocycles. The fourth-order valence-electron chi connectivity index (χ4n) is 1.82. The maximum atomic E-state index is 13.8. The van der Waals surface area contributed by atoms with Crippen LogP contribution in [-0.2, 0) is 4.74 Å². The van der Waals surface area contributed by atoms with Crippen molar-refractivity contribution in [3.63, 3.8) is 0 Å². The molecule has 0 aromatic rings. The Morgan fingerprint density at radius 1 is 1.47 bits per heavy atom. The second-order valence-electron chi connectivity index (χ2n) is 4.36. The zero-order valence-corrected chi connectivity index (χ0v) is 11.9. The normalized spacial score (nSPS) is 24.8. The van der Waals surface area contributed by atoms with Crippen molar-refractivity contribution in [2.45, 2.75) is 32.4 Å². The molecule has 1 atom stereocenters. The lowest BCUT2D eigenvalue weighted by Crippen LogP contribution is -2.37. The maximum absolute atomic E-state index is 13.8. The van der Waals surface area contributed by atoms with Crippen molar-refractivity contribution < 1.29 is 9.13 Å². The third-order valence-corrected chi connectivity index (χ3v) is 2.98. The van der Waals surface area contributed by atoms with Gasteiger partial charge in [0.1, 0.15) is 11.9 Å². The minimum absolute atomic E-state index is 0.0336. The molecule has 1 aliphatic rings. The number of rotatable bonds is 4. The van der Waals surface area contributed by atoms with Crippen molar-refractivity contribution in [1.82, 2.24) is 10.2 Å². The summed E-state index contributed by atoms with van der Waals surface area (Å²) in [6.45, 7) is 1.75. The van der Waals surface area contributed by atoms with Gasteiger partial charge in [-0.15, -0.1) is 0 Å². The van der Waals surface area contributed by atoms with Gasteiger partial charge in [-0.05, 0) is 44.3 Å². The number of methoxy groups -OCH3 is 1. The molecule has 1 unspecified atom stereocenters. The molecule has 0 amide bonds. The summed E-state index contributed by atoms with van der Waals surface area (Å²) < 4.78 is 18.7. The van der Waals surface area contributed by atoms with E-state index in [1.807, 2.05) is 24.3 Å². The summed E-state index contributed by atoms with van der Waals surface area (Å²) >= 11 is 0. The molecular weight excluding hydrogens is 243 g/mol. The first-order valence-corrected chi connectivity index (χ1v) is 6.55. The van der Waals surface area contributed by atoms with Gasteiger partial charge in [-0.25, -0.2) is 4.39 Å². The lowest BCUT2D eigenvalue weighted by molar-refractivity contribution is 0.277. The van der Waals surface area contributed by atoms with Crippen molar-refractivity contribution in [2.75, 3.05) is 14.2 Å². The van der Waals surface area contributed by atoms with E-state index in [9.17, 15) is 4.39 Å². The van der Waals surface area contributed by atoms with Gasteiger partial charge in [0.15, 0.2) is 5.83 Å². The van der Waals surface area contributed by atoms with E-state index in [0.717, 1.165) is 12.8 Å². The number of nitrogens with zero attached hydrogens (tertiary/aromatic N) is 1. The molecule has 19 heavy (non-hydrogen) atoms. The molecule has 0 bridgehead atoms. The SMILES string of the molecule is C/C=C(OC)\C(F)=C/CC1N/C=C/CC/C=C/N1C. The summed E-state index contributed by atoms with van der Waals surface area (Å²) in [6.07, 6.45) is 14.0. The number of nitrogens with one attached hydrogen (secondary N) is 1. The zero-order valence-electron chi connectivity index (χ0n) is 11.9. The maximum Gasteiger partial charge on any atom is 0.160 e. The van der Waals surface area contributed by atoms with E-state index in [2.05, 4.69) is 17.5 Å². The van der Waals surface area contributed by atoms with E-state index >= 15 is 0 Å². The van der Waals surface area contributed by atoms with Crippen LogP contribution in [0.4, 0.5) is 4.39 Å². The minimum Gasteiger partial charge on any atom is -0.494 e. The molecule has 1 rings (SSSR count). The fourth-order valence-corrected chi connectivity index (χ4v) is 1.82. The highest BCUT2D eigenvalue weighted by molar-refractivity contribution is 5.18. The average Bonchev–Trinajstić information content (AvgIpc) is 2.50. The number of hydrogen-bond acceptors (Lipinski definition) is 3. The van der Waals surface area contributed by atoms with Crippen LogP contribution in [0.3, 0.4) is 0 Å². The van der Waals surface area contributed by atoms with E-state index in [1.54, 1.807) is 19.1 Å². The Morgan fingerprint density at radius 3 is 2.89 bits per heavy atom. The quantitative estimate of drug-likeness (QED) is 0.623. The minimum atomic E-state index is -0.326. The molecule has 0 aliphatic carbocycles. The molecule has 0 spiro atoms. The fraction of sp³-hybridized carbons (Fsp3) is 0.467. The van der Waals surface area contributed by atoms with Crippen LogP contribution in [0.15, 0.2) is 48.3 Å². The molecule has 0 aromatic carbocycles. The predicted molar refractivity (Wildman–Crippen MR) is 76.8 cm³/mol. The topological polar surface area (TPSA) is 24.5 Å². The molecule has 3 nitrogen and oxygen atoms in total. The Hall–Kier alpha value is -1.71. The Bertz CT molecular complexity index is 386. The highest BCUT2D eigenvalue weighted by Crippen LogP contribution is 2.14. The van der Waals surface area contributed by atoms with Gasteiger partial charge in [0.2, 0.25) is 0 Å². The van der Waals surface area contributed by atoms with Gasteiger partial charge in [-0.1, -0.05) is 12.2 Å². The lowest BCUT2D eigenvalue weighted by Gasteiger charge is -2.26. The van der Waals surface area contributed by atoms with Gasteiger partial charge >= 0.3 is 0 Å². The van der Waals surface area contributed by atoms with Crippen LogP contribution >= 0.6 is 0 Å². The van der Waals surface area contributed by atoms with Gasteiger partial charge < -0.3 is 15.0 Å². The molecule has 4 heteroatoms. The van der Waals surface area contributed by atoms with E-state index in [0.29, 0.717) is 6.42 Å². The molecule has 1 N–H and O–H groups in total. The molecule has 1 aliphatic heterocycles. The second-order valence-corrected chi connectivity index (χ2v) is 4.36. The Balaban J connectivity index is 2.69. The van der Waals surface area contributed by atoms with Gasteiger partial charge in [-0.3, -0.25) is 0 Å². The molecule has 106 valence electrons. The smallest absolute Gasteiger partial charge is 0.160 e.